The molecule has 0 radical (unpaired) electrons. The number of benzene rings is 1. The Morgan fingerprint density at radius 1 is 1.26 bits per heavy atom. The third-order valence-corrected chi connectivity index (χ3v) is 3.74. The summed E-state index contributed by atoms with van der Waals surface area (Å²) in [5, 5.41) is 15.2. The number of nitrogens with one attached hydrogen (secondary N) is 2. The van der Waals surface area contributed by atoms with Gasteiger partial charge in [-0.2, -0.15) is 0 Å². The first-order valence-corrected chi connectivity index (χ1v) is 7.95. The number of anilines is 1. The van der Waals surface area contributed by atoms with Crippen LogP contribution in [-0.4, -0.2) is 29.2 Å². The first kappa shape index (κ1) is 17.0. The number of carbonyl (C=O) groups excluding carboxylic acids is 3. The second kappa shape index (κ2) is 7.76. The number of Topliss-reactive ketones (excluding diaryl/α,β-unsaturated/α-hetero) is 1. The van der Waals surface area contributed by atoms with E-state index in [2.05, 4.69) is 10.6 Å². The maximum atomic E-state index is 11.9. The summed E-state index contributed by atoms with van der Waals surface area (Å²) >= 11 is 0. The Bertz CT molecular complexity index is 609. The summed E-state index contributed by atoms with van der Waals surface area (Å²) in [7, 11) is 0. The second-order valence-corrected chi connectivity index (χ2v) is 5.73. The quantitative estimate of drug-likeness (QED) is 0.389. The van der Waals surface area contributed by atoms with Crippen molar-refractivity contribution < 1.29 is 19.5 Å². The van der Waals surface area contributed by atoms with Crippen molar-refractivity contribution in [2.24, 2.45) is 5.92 Å². The summed E-state index contributed by atoms with van der Waals surface area (Å²) in [6.07, 6.45) is 3.03. The molecule has 0 saturated heterocycles. The fraction of sp³-hybridized carbons (Fsp3) is 0.471. The molecule has 23 heavy (non-hydrogen) atoms. The third-order valence-electron chi connectivity index (χ3n) is 3.74. The van der Waals surface area contributed by atoms with Crippen LogP contribution in [0.2, 0.25) is 0 Å². The minimum atomic E-state index is -0.262. The van der Waals surface area contributed by atoms with Gasteiger partial charge in [-0.15, -0.1) is 0 Å². The van der Waals surface area contributed by atoms with Gasteiger partial charge in [-0.25, -0.2) is 0 Å². The van der Waals surface area contributed by atoms with Crippen LogP contribution >= 0.6 is 0 Å². The van der Waals surface area contributed by atoms with Gasteiger partial charge in [0, 0.05) is 30.9 Å². The minimum Gasteiger partial charge on any atom is -0.506 e. The van der Waals surface area contributed by atoms with Crippen molar-refractivity contribution in [2.45, 2.75) is 39.0 Å². The standard InChI is InChI=1S/C17H22N2O4/c1-2-14(20)12-7-8-15(21)13(10-12)19-16(22)4-3-9-18-17(23)11-5-6-11/h7-8,10-11,21H,2-6,9H2,1H3,(H,18,23)(H,19,22). The normalized spacial score (nSPS) is 13.4. The van der Waals surface area contributed by atoms with Crippen molar-refractivity contribution in [2.75, 3.05) is 11.9 Å². The van der Waals surface area contributed by atoms with Gasteiger partial charge in [0.2, 0.25) is 11.8 Å². The molecule has 0 spiro atoms. The first-order chi connectivity index (χ1) is 11.0. The van der Waals surface area contributed by atoms with Crippen LogP contribution in [0.4, 0.5) is 5.69 Å². The second-order valence-electron chi connectivity index (χ2n) is 5.73. The SMILES string of the molecule is CCC(=O)c1ccc(O)c(NC(=O)CCCNC(=O)C2CC2)c1. The molecule has 0 heterocycles. The third kappa shape index (κ3) is 5.09. The van der Waals surface area contributed by atoms with E-state index in [9.17, 15) is 19.5 Å². The molecule has 0 aromatic heterocycles. The average Bonchev–Trinajstić information content (AvgIpc) is 3.37. The van der Waals surface area contributed by atoms with Crippen LogP contribution < -0.4 is 10.6 Å². The molecule has 1 aromatic carbocycles. The zero-order valence-corrected chi connectivity index (χ0v) is 13.2. The van der Waals surface area contributed by atoms with Gasteiger partial charge in [-0.1, -0.05) is 6.92 Å². The molecule has 1 aliphatic rings. The number of carbonyl (C=O) groups is 3. The number of phenols is 1. The molecular weight excluding hydrogens is 296 g/mol. The Kier molecular flexibility index (Phi) is 5.73. The molecule has 6 heteroatoms. The number of ketones is 1. The minimum absolute atomic E-state index is 0.0525. The Morgan fingerprint density at radius 2 is 2.00 bits per heavy atom. The van der Waals surface area contributed by atoms with E-state index in [1.807, 2.05) is 0 Å². The van der Waals surface area contributed by atoms with E-state index in [-0.39, 0.29) is 41.4 Å². The number of rotatable bonds is 8. The van der Waals surface area contributed by atoms with Gasteiger partial charge in [0.05, 0.1) is 5.69 Å². The molecule has 0 atom stereocenters. The number of hydrogen-bond donors (Lipinski definition) is 3. The molecule has 2 rings (SSSR count). The Hall–Kier alpha value is -2.37. The molecular formula is C17H22N2O4. The topological polar surface area (TPSA) is 95.5 Å². The molecule has 0 unspecified atom stereocenters. The van der Waals surface area contributed by atoms with Gasteiger partial charge in [0.1, 0.15) is 5.75 Å². The van der Waals surface area contributed by atoms with E-state index in [1.54, 1.807) is 6.92 Å². The largest absolute Gasteiger partial charge is 0.506 e. The molecule has 1 aliphatic carbocycles. The van der Waals surface area contributed by atoms with Crippen molar-refractivity contribution in [3.63, 3.8) is 0 Å². The fourth-order valence-corrected chi connectivity index (χ4v) is 2.18. The molecule has 0 aliphatic heterocycles. The fourth-order valence-electron chi connectivity index (χ4n) is 2.18. The highest BCUT2D eigenvalue weighted by atomic mass is 16.3. The molecule has 0 bridgehead atoms. The maximum Gasteiger partial charge on any atom is 0.224 e. The highest BCUT2D eigenvalue weighted by Gasteiger charge is 2.28. The Balaban J connectivity index is 1.79. The molecule has 3 N–H and O–H groups in total. The van der Waals surface area contributed by atoms with E-state index in [0.29, 0.717) is 24.9 Å². The van der Waals surface area contributed by atoms with Crippen LogP contribution in [0, 0.1) is 5.92 Å². The number of aromatic hydroxyl groups is 1. The zero-order chi connectivity index (χ0) is 16.8. The van der Waals surface area contributed by atoms with Crippen LogP contribution in [0.25, 0.3) is 0 Å². The van der Waals surface area contributed by atoms with Crippen molar-refractivity contribution in [3.8, 4) is 5.75 Å². The summed E-state index contributed by atoms with van der Waals surface area (Å²) in [5.41, 5.74) is 0.689. The van der Waals surface area contributed by atoms with Crippen molar-refractivity contribution >= 4 is 23.3 Å². The smallest absolute Gasteiger partial charge is 0.224 e. The summed E-state index contributed by atoms with van der Waals surface area (Å²) in [6, 6.07) is 4.41. The highest BCUT2D eigenvalue weighted by molar-refractivity contribution is 5.99. The van der Waals surface area contributed by atoms with Crippen molar-refractivity contribution in [3.05, 3.63) is 23.8 Å². The lowest BCUT2D eigenvalue weighted by Crippen LogP contribution is -2.26. The molecule has 6 nitrogen and oxygen atoms in total. The Morgan fingerprint density at radius 3 is 2.65 bits per heavy atom. The van der Waals surface area contributed by atoms with Gasteiger partial charge < -0.3 is 15.7 Å². The average molecular weight is 318 g/mol. The van der Waals surface area contributed by atoms with Crippen molar-refractivity contribution in [1.29, 1.82) is 0 Å². The van der Waals surface area contributed by atoms with Gasteiger partial charge >= 0.3 is 0 Å². The molecule has 1 aromatic rings. The van der Waals surface area contributed by atoms with Crippen molar-refractivity contribution in [1.82, 2.24) is 5.32 Å². The van der Waals surface area contributed by atoms with E-state index >= 15 is 0 Å². The summed E-state index contributed by atoms with van der Waals surface area (Å²) in [6.45, 7) is 2.21. The van der Waals surface area contributed by atoms with E-state index in [4.69, 9.17) is 0 Å². The van der Waals surface area contributed by atoms with Gasteiger partial charge in [-0.05, 0) is 37.5 Å². The number of amides is 2. The van der Waals surface area contributed by atoms with Gasteiger partial charge in [0.25, 0.3) is 0 Å². The highest BCUT2D eigenvalue weighted by Crippen LogP contribution is 2.28. The Labute approximate surface area is 135 Å². The van der Waals surface area contributed by atoms with Crippen LogP contribution in [0.15, 0.2) is 18.2 Å². The molecule has 1 saturated carbocycles. The first-order valence-electron chi connectivity index (χ1n) is 7.95. The maximum absolute atomic E-state index is 11.9. The van der Waals surface area contributed by atoms with Crippen LogP contribution in [0.3, 0.4) is 0 Å². The lowest BCUT2D eigenvalue weighted by atomic mass is 10.1. The number of phenolic OH excluding ortho intramolecular Hbond substituents is 1. The summed E-state index contributed by atoms with van der Waals surface area (Å²) in [5.74, 6) is -0.160. The van der Waals surface area contributed by atoms with E-state index in [1.165, 1.54) is 18.2 Å². The monoisotopic (exact) mass is 318 g/mol. The molecule has 2 amide bonds. The summed E-state index contributed by atoms with van der Waals surface area (Å²) < 4.78 is 0. The molecule has 124 valence electrons. The lowest BCUT2D eigenvalue weighted by Gasteiger charge is -2.09. The zero-order valence-electron chi connectivity index (χ0n) is 13.2. The predicted octanol–water partition coefficient (Wildman–Crippen LogP) is 2.23. The number of hydrogen-bond acceptors (Lipinski definition) is 4. The van der Waals surface area contributed by atoms with Crippen LogP contribution in [0.5, 0.6) is 5.75 Å². The van der Waals surface area contributed by atoms with Crippen LogP contribution in [-0.2, 0) is 9.59 Å². The van der Waals surface area contributed by atoms with Crippen LogP contribution in [0.1, 0.15) is 49.4 Å². The predicted molar refractivity (Wildman–Crippen MR) is 86.3 cm³/mol. The lowest BCUT2D eigenvalue weighted by molar-refractivity contribution is -0.122. The van der Waals surface area contributed by atoms with E-state index in [0.717, 1.165) is 12.8 Å². The summed E-state index contributed by atoms with van der Waals surface area (Å²) in [4.78, 5) is 35.0. The van der Waals surface area contributed by atoms with Gasteiger partial charge in [-0.3, -0.25) is 14.4 Å². The molecule has 1 fully saturated rings. The van der Waals surface area contributed by atoms with Gasteiger partial charge in [0.15, 0.2) is 5.78 Å². The van der Waals surface area contributed by atoms with E-state index < -0.39 is 0 Å².